The Morgan fingerprint density at radius 1 is 0.853 bits per heavy atom. The van der Waals surface area contributed by atoms with Gasteiger partial charge in [-0.15, -0.1) is 0 Å². The molecule has 0 fully saturated rings. The topological polar surface area (TPSA) is 100 Å². The molecule has 7 nitrogen and oxygen atoms in total. The van der Waals surface area contributed by atoms with Gasteiger partial charge in [0, 0.05) is 35.9 Å². The van der Waals surface area contributed by atoms with Crippen molar-refractivity contribution in [2.24, 2.45) is 0 Å². The normalized spacial score (nSPS) is 11.0. The van der Waals surface area contributed by atoms with Crippen LogP contribution in [0.3, 0.4) is 0 Å². The molecule has 0 atom stereocenters. The van der Waals surface area contributed by atoms with E-state index in [0.717, 1.165) is 5.56 Å². The maximum Gasteiger partial charge on any atom is 0.319 e. The van der Waals surface area contributed by atoms with E-state index in [4.69, 9.17) is 0 Å². The van der Waals surface area contributed by atoms with Crippen LogP contribution in [0.25, 0.3) is 11.1 Å². The molecule has 0 saturated heterocycles. The molecule has 0 radical (unpaired) electrons. The number of amides is 2. The van der Waals surface area contributed by atoms with Gasteiger partial charge in [0.25, 0.3) is 10.0 Å². The smallest absolute Gasteiger partial charge is 0.319 e. The van der Waals surface area contributed by atoms with Gasteiger partial charge in [-0.2, -0.15) is 0 Å². The molecule has 1 heterocycles. The van der Waals surface area contributed by atoms with Crippen LogP contribution in [0.2, 0.25) is 0 Å². The second-order valence-electron chi connectivity index (χ2n) is 7.35. The summed E-state index contributed by atoms with van der Waals surface area (Å²) < 4.78 is 42.0. The van der Waals surface area contributed by atoms with Crippen LogP contribution in [0.1, 0.15) is 5.56 Å². The molecule has 4 aromatic rings. The molecule has 172 valence electrons. The Kier molecular flexibility index (Phi) is 6.84. The number of benzene rings is 3. The Morgan fingerprint density at radius 2 is 1.56 bits per heavy atom. The van der Waals surface area contributed by atoms with Gasteiger partial charge in [0.2, 0.25) is 0 Å². The summed E-state index contributed by atoms with van der Waals surface area (Å²) >= 11 is 0. The molecular formula is C25H21FN4O3S. The summed E-state index contributed by atoms with van der Waals surface area (Å²) in [6.45, 7) is 0.324. The van der Waals surface area contributed by atoms with Gasteiger partial charge < -0.3 is 10.6 Å². The minimum absolute atomic E-state index is 0.0681. The van der Waals surface area contributed by atoms with Gasteiger partial charge in [0.1, 0.15) is 5.82 Å². The maximum atomic E-state index is 13.3. The first-order chi connectivity index (χ1) is 16.4. The third kappa shape index (κ3) is 5.76. The highest BCUT2D eigenvalue weighted by molar-refractivity contribution is 7.92. The number of hydrogen-bond acceptors (Lipinski definition) is 4. The molecule has 0 saturated carbocycles. The SMILES string of the molecule is O=C(NCc1cccnc1)Nc1ccc(NS(=O)(=O)c2ccccc2-c2ccc(F)cc2)cc1. The van der Waals surface area contributed by atoms with Crippen molar-refractivity contribution in [3.05, 3.63) is 109 Å². The molecule has 2 amide bonds. The highest BCUT2D eigenvalue weighted by Crippen LogP contribution is 2.29. The monoisotopic (exact) mass is 476 g/mol. The highest BCUT2D eigenvalue weighted by atomic mass is 32.2. The summed E-state index contributed by atoms with van der Waals surface area (Å²) in [5.41, 5.74) is 2.73. The number of aromatic nitrogens is 1. The number of rotatable bonds is 7. The predicted molar refractivity (Wildman–Crippen MR) is 129 cm³/mol. The molecule has 1 aromatic heterocycles. The number of carbonyl (C=O) groups excluding carboxylic acids is 1. The quantitative estimate of drug-likeness (QED) is 0.349. The summed E-state index contributed by atoms with van der Waals surface area (Å²) in [4.78, 5) is 16.2. The predicted octanol–water partition coefficient (Wildman–Crippen LogP) is 5.01. The first-order valence-electron chi connectivity index (χ1n) is 10.3. The standard InChI is InChI=1S/C25H21FN4O3S/c26-20-9-7-19(8-10-20)23-5-1-2-6-24(23)34(32,33)30-22-13-11-21(12-14-22)29-25(31)28-17-18-4-3-15-27-16-18/h1-16,30H,17H2,(H2,28,29,31). The number of urea groups is 1. The van der Waals surface area contributed by atoms with Crippen molar-refractivity contribution in [1.82, 2.24) is 10.3 Å². The van der Waals surface area contributed by atoms with E-state index < -0.39 is 21.9 Å². The Bertz CT molecular complexity index is 1380. The lowest BCUT2D eigenvalue weighted by Gasteiger charge is -2.13. The van der Waals surface area contributed by atoms with Crippen LogP contribution < -0.4 is 15.4 Å². The lowest BCUT2D eigenvalue weighted by atomic mass is 10.1. The Morgan fingerprint density at radius 3 is 2.26 bits per heavy atom. The van der Waals surface area contributed by atoms with Crippen LogP contribution in [0, 0.1) is 5.82 Å². The number of sulfonamides is 1. The summed E-state index contributed by atoms with van der Waals surface area (Å²) in [7, 11) is -3.93. The molecule has 0 aliphatic heterocycles. The number of carbonyl (C=O) groups is 1. The second kappa shape index (κ2) is 10.1. The summed E-state index contributed by atoms with van der Waals surface area (Å²) in [6.07, 6.45) is 3.32. The lowest BCUT2D eigenvalue weighted by molar-refractivity contribution is 0.251. The lowest BCUT2D eigenvalue weighted by Crippen LogP contribution is -2.28. The number of halogens is 1. The molecule has 3 N–H and O–H groups in total. The minimum Gasteiger partial charge on any atom is -0.334 e. The molecule has 3 aromatic carbocycles. The van der Waals surface area contributed by atoms with E-state index in [-0.39, 0.29) is 4.90 Å². The average molecular weight is 477 g/mol. The fourth-order valence-corrected chi connectivity index (χ4v) is 4.55. The van der Waals surface area contributed by atoms with Crippen LogP contribution in [-0.2, 0) is 16.6 Å². The van der Waals surface area contributed by atoms with Crippen LogP contribution in [-0.4, -0.2) is 19.4 Å². The second-order valence-corrected chi connectivity index (χ2v) is 9.01. The van der Waals surface area contributed by atoms with Crippen LogP contribution in [0.15, 0.2) is 102 Å². The van der Waals surface area contributed by atoms with Crippen molar-refractivity contribution in [3.8, 4) is 11.1 Å². The van der Waals surface area contributed by atoms with Crippen molar-refractivity contribution in [2.45, 2.75) is 11.4 Å². The maximum absolute atomic E-state index is 13.3. The van der Waals surface area contributed by atoms with E-state index in [9.17, 15) is 17.6 Å². The van der Waals surface area contributed by atoms with Crippen molar-refractivity contribution in [1.29, 1.82) is 0 Å². The van der Waals surface area contributed by atoms with Gasteiger partial charge in [-0.05, 0) is 59.7 Å². The molecule has 0 bridgehead atoms. The Balaban J connectivity index is 1.43. The molecule has 9 heteroatoms. The van der Waals surface area contributed by atoms with Crippen molar-refractivity contribution in [3.63, 3.8) is 0 Å². The van der Waals surface area contributed by atoms with Crippen molar-refractivity contribution < 1.29 is 17.6 Å². The third-order valence-electron chi connectivity index (χ3n) is 4.90. The molecular weight excluding hydrogens is 455 g/mol. The van der Waals surface area contributed by atoms with Gasteiger partial charge >= 0.3 is 6.03 Å². The fraction of sp³-hybridized carbons (Fsp3) is 0.0400. The largest absolute Gasteiger partial charge is 0.334 e. The summed E-state index contributed by atoms with van der Waals surface area (Å²) in [5.74, 6) is -0.401. The van der Waals surface area contributed by atoms with Gasteiger partial charge in [0.05, 0.1) is 4.90 Å². The zero-order valence-corrected chi connectivity index (χ0v) is 18.7. The zero-order chi connectivity index (χ0) is 24.0. The Labute approximate surface area is 196 Å². The number of hydrogen-bond donors (Lipinski definition) is 3. The molecule has 0 aliphatic carbocycles. The molecule has 0 spiro atoms. The summed E-state index contributed by atoms with van der Waals surface area (Å²) in [6, 6.07) is 21.6. The van der Waals surface area contributed by atoms with Crippen LogP contribution >= 0.6 is 0 Å². The first kappa shape index (κ1) is 22.9. The summed E-state index contributed by atoms with van der Waals surface area (Å²) in [5, 5.41) is 5.41. The van der Waals surface area contributed by atoms with E-state index >= 15 is 0 Å². The Hall–Kier alpha value is -4.24. The van der Waals surface area contributed by atoms with Gasteiger partial charge in [-0.1, -0.05) is 36.4 Å². The van der Waals surface area contributed by atoms with Crippen molar-refractivity contribution >= 4 is 27.4 Å². The number of anilines is 2. The van der Waals surface area contributed by atoms with Crippen LogP contribution in [0.4, 0.5) is 20.6 Å². The van der Waals surface area contributed by atoms with E-state index in [2.05, 4.69) is 20.3 Å². The highest BCUT2D eigenvalue weighted by Gasteiger charge is 2.19. The van der Waals surface area contributed by atoms with Crippen LogP contribution in [0.5, 0.6) is 0 Å². The van der Waals surface area contributed by atoms with E-state index in [1.165, 1.54) is 30.3 Å². The number of nitrogens with one attached hydrogen (secondary N) is 3. The minimum atomic E-state index is -3.93. The molecule has 4 rings (SSSR count). The molecule has 0 aliphatic rings. The van der Waals surface area contributed by atoms with Gasteiger partial charge in [-0.25, -0.2) is 17.6 Å². The van der Waals surface area contributed by atoms with Crippen molar-refractivity contribution in [2.75, 3.05) is 10.0 Å². The number of pyridine rings is 1. The molecule has 0 unspecified atom stereocenters. The fourth-order valence-electron chi connectivity index (χ4n) is 3.26. The zero-order valence-electron chi connectivity index (χ0n) is 17.9. The average Bonchev–Trinajstić information content (AvgIpc) is 2.85. The third-order valence-corrected chi connectivity index (χ3v) is 6.34. The van der Waals surface area contributed by atoms with E-state index in [0.29, 0.717) is 29.0 Å². The van der Waals surface area contributed by atoms with Gasteiger partial charge in [0.15, 0.2) is 0 Å². The van der Waals surface area contributed by atoms with E-state index in [1.54, 1.807) is 60.9 Å². The first-order valence-corrected chi connectivity index (χ1v) is 11.8. The van der Waals surface area contributed by atoms with Gasteiger partial charge in [-0.3, -0.25) is 9.71 Å². The van der Waals surface area contributed by atoms with E-state index in [1.807, 2.05) is 6.07 Å². The molecule has 34 heavy (non-hydrogen) atoms. The number of nitrogens with zero attached hydrogens (tertiary/aromatic N) is 1.